The van der Waals surface area contributed by atoms with Crippen molar-refractivity contribution in [2.75, 3.05) is 0 Å². The molecule has 5 heteroatoms. The van der Waals surface area contributed by atoms with Crippen LogP contribution in [0.5, 0.6) is 0 Å². The van der Waals surface area contributed by atoms with Crippen LogP contribution in [0, 0.1) is 5.82 Å². The first kappa shape index (κ1) is 10.6. The Morgan fingerprint density at radius 3 is 2.14 bits per heavy atom. The van der Waals surface area contributed by atoms with Crippen molar-refractivity contribution in [3.05, 3.63) is 35.6 Å². The van der Waals surface area contributed by atoms with Gasteiger partial charge in [0.25, 0.3) is 0 Å². The molecular formula is C9H9FO4. The molecule has 76 valence electrons. The number of aliphatic hydroxyl groups excluding tert-OH is 2. The highest BCUT2D eigenvalue weighted by Gasteiger charge is 2.24. The summed E-state index contributed by atoms with van der Waals surface area (Å²) in [6.45, 7) is 0. The maximum atomic E-state index is 12.4. The van der Waals surface area contributed by atoms with Crippen LogP contribution in [0.4, 0.5) is 4.39 Å². The molecule has 14 heavy (non-hydrogen) atoms. The lowest BCUT2D eigenvalue weighted by atomic mass is 10.0. The molecule has 0 aliphatic heterocycles. The van der Waals surface area contributed by atoms with E-state index in [0.29, 0.717) is 0 Å². The monoisotopic (exact) mass is 200 g/mol. The summed E-state index contributed by atoms with van der Waals surface area (Å²) in [5.74, 6) is -2.02. The van der Waals surface area contributed by atoms with Gasteiger partial charge in [-0.15, -0.1) is 0 Å². The topological polar surface area (TPSA) is 77.8 Å². The summed E-state index contributed by atoms with van der Waals surface area (Å²) in [6.07, 6.45) is -3.45. The van der Waals surface area contributed by atoms with Crippen molar-refractivity contribution < 1.29 is 24.5 Å². The molecule has 4 nitrogen and oxygen atoms in total. The fourth-order valence-corrected chi connectivity index (χ4v) is 0.977. The summed E-state index contributed by atoms with van der Waals surface area (Å²) in [5, 5.41) is 26.7. The second kappa shape index (κ2) is 4.17. The second-order valence-corrected chi connectivity index (χ2v) is 2.78. The van der Waals surface area contributed by atoms with Gasteiger partial charge in [-0.05, 0) is 17.7 Å². The van der Waals surface area contributed by atoms with Crippen molar-refractivity contribution in [3.63, 3.8) is 0 Å². The van der Waals surface area contributed by atoms with E-state index in [1.54, 1.807) is 0 Å². The van der Waals surface area contributed by atoms with Gasteiger partial charge in [-0.25, -0.2) is 9.18 Å². The minimum absolute atomic E-state index is 0.154. The molecule has 1 aromatic carbocycles. The Labute approximate surface area is 79.2 Å². The predicted molar refractivity (Wildman–Crippen MR) is 45.0 cm³/mol. The summed E-state index contributed by atoms with van der Waals surface area (Å²) in [7, 11) is 0. The second-order valence-electron chi connectivity index (χ2n) is 2.78. The highest BCUT2D eigenvalue weighted by Crippen LogP contribution is 2.17. The number of hydrogen-bond donors (Lipinski definition) is 3. The van der Waals surface area contributed by atoms with Gasteiger partial charge >= 0.3 is 5.97 Å². The molecule has 1 aromatic rings. The predicted octanol–water partition coefficient (Wildman–Crippen LogP) is 0.305. The number of rotatable bonds is 3. The standard InChI is InChI=1S/C9H9FO4/c10-6-3-1-5(2-4-6)7(11)8(12)9(13)14/h1-4,7-8,11-12H,(H,13,14)/t7-,8+/m1/s1. The van der Waals surface area contributed by atoms with E-state index in [-0.39, 0.29) is 5.56 Å². The maximum Gasteiger partial charge on any atom is 0.335 e. The number of carboxylic acid groups (broad SMARTS) is 1. The lowest BCUT2D eigenvalue weighted by Crippen LogP contribution is -2.27. The Bertz CT molecular complexity index is 322. The lowest BCUT2D eigenvalue weighted by Gasteiger charge is -2.13. The van der Waals surface area contributed by atoms with Crippen LogP contribution in [0.1, 0.15) is 11.7 Å². The van der Waals surface area contributed by atoms with Crippen LogP contribution in [0.2, 0.25) is 0 Å². The van der Waals surface area contributed by atoms with Gasteiger partial charge in [-0.3, -0.25) is 0 Å². The Morgan fingerprint density at radius 1 is 1.21 bits per heavy atom. The highest BCUT2D eigenvalue weighted by atomic mass is 19.1. The van der Waals surface area contributed by atoms with Crippen LogP contribution < -0.4 is 0 Å². The SMILES string of the molecule is O=C(O)[C@@H](O)[C@H](O)c1ccc(F)cc1. The molecule has 0 aliphatic rings. The third-order valence-corrected chi connectivity index (χ3v) is 1.76. The number of aliphatic hydroxyl groups is 2. The van der Waals surface area contributed by atoms with Crippen LogP contribution >= 0.6 is 0 Å². The van der Waals surface area contributed by atoms with E-state index in [2.05, 4.69) is 0 Å². The molecular weight excluding hydrogens is 191 g/mol. The van der Waals surface area contributed by atoms with E-state index >= 15 is 0 Å². The first-order chi connectivity index (χ1) is 6.52. The maximum absolute atomic E-state index is 12.4. The molecule has 0 fully saturated rings. The van der Waals surface area contributed by atoms with Crippen molar-refractivity contribution >= 4 is 5.97 Å². The fraction of sp³-hybridized carbons (Fsp3) is 0.222. The zero-order chi connectivity index (χ0) is 10.7. The minimum atomic E-state index is -1.90. The van der Waals surface area contributed by atoms with E-state index in [0.717, 1.165) is 12.1 Å². The largest absolute Gasteiger partial charge is 0.479 e. The Morgan fingerprint density at radius 2 is 1.71 bits per heavy atom. The number of hydrogen-bond acceptors (Lipinski definition) is 3. The van der Waals surface area contributed by atoms with Crippen molar-refractivity contribution in [1.82, 2.24) is 0 Å². The molecule has 2 atom stereocenters. The first-order valence-electron chi connectivity index (χ1n) is 3.87. The van der Waals surface area contributed by atoms with E-state index in [1.807, 2.05) is 0 Å². The molecule has 0 heterocycles. The summed E-state index contributed by atoms with van der Waals surface area (Å²) >= 11 is 0. The molecule has 0 saturated heterocycles. The molecule has 0 aliphatic carbocycles. The van der Waals surface area contributed by atoms with E-state index in [4.69, 9.17) is 10.2 Å². The van der Waals surface area contributed by atoms with Gasteiger partial charge < -0.3 is 15.3 Å². The summed E-state index contributed by atoms with van der Waals surface area (Å²) < 4.78 is 12.4. The van der Waals surface area contributed by atoms with Crippen LogP contribution in [0.3, 0.4) is 0 Å². The van der Waals surface area contributed by atoms with Crippen LogP contribution in [-0.2, 0) is 4.79 Å². The first-order valence-corrected chi connectivity index (χ1v) is 3.87. The average Bonchev–Trinajstić information content (AvgIpc) is 2.16. The molecule has 1 rings (SSSR count). The van der Waals surface area contributed by atoms with Gasteiger partial charge in [-0.1, -0.05) is 12.1 Å². The highest BCUT2D eigenvalue weighted by molar-refractivity contribution is 5.73. The molecule has 0 bridgehead atoms. The zero-order valence-corrected chi connectivity index (χ0v) is 7.09. The third-order valence-electron chi connectivity index (χ3n) is 1.76. The van der Waals surface area contributed by atoms with Gasteiger partial charge in [0.05, 0.1) is 0 Å². The molecule has 0 amide bonds. The molecule has 3 N–H and O–H groups in total. The fourth-order valence-electron chi connectivity index (χ4n) is 0.977. The smallest absolute Gasteiger partial charge is 0.335 e. The van der Waals surface area contributed by atoms with Gasteiger partial charge in [0.2, 0.25) is 0 Å². The van der Waals surface area contributed by atoms with Crippen LogP contribution in [0.15, 0.2) is 24.3 Å². The minimum Gasteiger partial charge on any atom is -0.479 e. The van der Waals surface area contributed by atoms with Crippen LogP contribution in [-0.4, -0.2) is 27.4 Å². The lowest BCUT2D eigenvalue weighted by molar-refractivity contribution is -0.153. The Kier molecular flexibility index (Phi) is 3.16. The van der Waals surface area contributed by atoms with Crippen LogP contribution in [0.25, 0.3) is 0 Å². The number of halogens is 1. The molecule has 0 saturated carbocycles. The number of carbonyl (C=O) groups is 1. The van der Waals surface area contributed by atoms with E-state index < -0.39 is 24.0 Å². The zero-order valence-electron chi connectivity index (χ0n) is 7.09. The quantitative estimate of drug-likeness (QED) is 0.656. The van der Waals surface area contributed by atoms with E-state index in [9.17, 15) is 14.3 Å². The molecule has 0 aromatic heterocycles. The Hall–Kier alpha value is -1.46. The van der Waals surface area contributed by atoms with Gasteiger partial charge in [0.15, 0.2) is 6.10 Å². The van der Waals surface area contributed by atoms with Gasteiger partial charge in [0, 0.05) is 0 Å². The number of aliphatic carboxylic acids is 1. The molecule has 0 spiro atoms. The summed E-state index contributed by atoms with van der Waals surface area (Å²) in [6, 6.07) is 4.58. The van der Waals surface area contributed by atoms with Crippen molar-refractivity contribution in [3.8, 4) is 0 Å². The number of benzene rings is 1. The summed E-state index contributed by atoms with van der Waals surface area (Å²) in [5.41, 5.74) is 0.154. The molecule has 0 unspecified atom stereocenters. The van der Waals surface area contributed by atoms with Gasteiger partial charge in [-0.2, -0.15) is 0 Å². The van der Waals surface area contributed by atoms with Crippen molar-refractivity contribution in [2.45, 2.75) is 12.2 Å². The van der Waals surface area contributed by atoms with Gasteiger partial charge in [0.1, 0.15) is 11.9 Å². The summed E-state index contributed by atoms with van der Waals surface area (Å²) in [4.78, 5) is 10.3. The van der Waals surface area contributed by atoms with E-state index in [1.165, 1.54) is 12.1 Å². The third kappa shape index (κ3) is 2.27. The number of carboxylic acids is 1. The Balaban J connectivity index is 2.84. The molecule has 0 radical (unpaired) electrons. The normalized spacial score (nSPS) is 14.8. The van der Waals surface area contributed by atoms with Crippen molar-refractivity contribution in [1.29, 1.82) is 0 Å². The van der Waals surface area contributed by atoms with Crippen molar-refractivity contribution in [2.24, 2.45) is 0 Å². The average molecular weight is 200 g/mol.